The van der Waals surface area contributed by atoms with Gasteiger partial charge in [-0.2, -0.15) is 4.31 Å². The number of nitrogens with zero attached hydrogens (tertiary/aromatic N) is 2. The first-order valence-electron chi connectivity index (χ1n) is 6.88. The molecule has 122 valence electrons. The second-order valence-corrected chi connectivity index (χ2v) is 6.83. The Morgan fingerprint density at radius 3 is 2.59 bits per heavy atom. The fourth-order valence-corrected chi connectivity index (χ4v) is 4.00. The molecule has 0 amide bonds. The Labute approximate surface area is 134 Å². The predicted molar refractivity (Wildman–Crippen MR) is 85.0 cm³/mol. The molecule has 0 bridgehead atoms. The Morgan fingerprint density at radius 2 is 1.95 bits per heavy atom. The van der Waals surface area contributed by atoms with Crippen LogP contribution in [0.3, 0.4) is 0 Å². The smallest absolute Gasteiger partial charge is 0.408 e. The van der Waals surface area contributed by atoms with Crippen LogP contribution < -0.4 is 11.1 Å². The van der Waals surface area contributed by atoms with Crippen molar-refractivity contribution in [3.63, 3.8) is 0 Å². The zero-order valence-electron chi connectivity index (χ0n) is 12.1. The molecule has 0 spiro atoms. The minimum atomic E-state index is -3.54. The van der Waals surface area contributed by atoms with Crippen molar-refractivity contribution in [3.8, 4) is 0 Å². The third-order valence-electron chi connectivity index (χ3n) is 3.67. The van der Waals surface area contributed by atoms with Crippen molar-refractivity contribution in [2.24, 2.45) is 0 Å². The summed E-state index contributed by atoms with van der Waals surface area (Å²) in [5.41, 5.74) is 0.917. The molecular formula is C13H18ClN3O4S. The van der Waals surface area contributed by atoms with E-state index in [0.29, 0.717) is 43.8 Å². The second-order valence-electron chi connectivity index (χ2n) is 4.90. The minimum absolute atomic E-state index is 0. The number of hydrogen-bond acceptors (Lipinski definition) is 5. The van der Waals surface area contributed by atoms with Crippen molar-refractivity contribution >= 4 is 33.5 Å². The molecule has 2 aromatic rings. The summed E-state index contributed by atoms with van der Waals surface area (Å²) in [6.45, 7) is 4.49. The lowest BCUT2D eigenvalue weighted by molar-refractivity contribution is 0.360. The standard InChI is InChI=1S/C13H17N3O4S.ClH/c1-2-16-11-4-3-10(9-12(11)20-13(16)17)21(18,19)15-7-5-14-6-8-15;/h3-4,9,14H,2,5-8H2,1H3;1H. The van der Waals surface area contributed by atoms with E-state index < -0.39 is 15.8 Å². The third-order valence-corrected chi connectivity index (χ3v) is 5.56. The number of hydrogen-bond donors (Lipinski definition) is 1. The van der Waals surface area contributed by atoms with E-state index in [2.05, 4.69) is 5.32 Å². The van der Waals surface area contributed by atoms with Gasteiger partial charge in [0.15, 0.2) is 5.58 Å². The van der Waals surface area contributed by atoms with Gasteiger partial charge in [-0.25, -0.2) is 13.2 Å². The zero-order chi connectivity index (χ0) is 15.0. The molecule has 2 heterocycles. The molecule has 22 heavy (non-hydrogen) atoms. The van der Waals surface area contributed by atoms with Crippen LogP contribution in [0.15, 0.2) is 32.3 Å². The van der Waals surface area contributed by atoms with Crippen LogP contribution in [0.1, 0.15) is 6.92 Å². The number of aromatic nitrogens is 1. The van der Waals surface area contributed by atoms with Gasteiger partial charge in [-0.05, 0) is 19.1 Å². The summed E-state index contributed by atoms with van der Waals surface area (Å²) in [6.07, 6.45) is 0. The van der Waals surface area contributed by atoms with E-state index in [1.165, 1.54) is 21.0 Å². The van der Waals surface area contributed by atoms with Crippen molar-refractivity contribution < 1.29 is 12.8 Å². The molecule has 1 saturated heterocycles. The van der Waals surface area contributed by atoms with E-state index in [4.69, 9.17) is 4.42 Å². The number of piperazine rings is 1. The molecule has 0 unspecified atom stereocenters. The van der Waals surface area contributed by atoms with Gasteiger partial charge in [0.2, 0.25) is 10.0 Å². The number of sulfonamides is 1. The summed E-state index contributed by atoms with van der Waals surface area (Å²) in [6, 6.07) is 4.58. The molecule has 0 saturated carbocycles. The van der Waals surface area contributed by atoms with Gasteiger partial charge in [-0.1, -0.05) is 0 Å². The van der Waals surface area contributed by atoms with Crippen LogP contribution >= 0.6 is 12.4 Å². The fraction of sp³-hybridized carbons (Fsp3) is 0.462. The Bertz CT molecular complexity index is 821. The number of oxazole rings is 1. The van der Waals surface area contributed by atoms with Gasteiger partial charge in [-0.3, -0.25) is 4.57 Å². The highest BCUT2D eigenvalue weighted by molar-refractivity contribution is 7.89. The summed E-state index contributed by atoms with van der Waals surface area (Å²) in [4.78, 5) is 11.8. The number of aryl methyl sites for hydroxylation is 1. The van der Waals surface area contributed by atoms with Crippen LogP contribution in [0.2, 0.25) is 0 Å². The monoisotopic (exact) mass is 347 g/mol. The number of halogens is 1. The van der Waals surface area contributed by atoms with E-state index in [9.17, 15) is 13.2 Å². The lowest BCUT2D eigenvalue weighted by Crippen LogP contribution is -2.46. The summed E-state index contributed by atoms with van der Waals surface area (Å²) in [5, 5.41) is 3.12. The van der Waals surface area contributed by atoms with Crippen LogP contribution in [0.5, 0.6) is 0 Å². The zero-order valence-corrected chi connectivity index (χ0v) is 13.7. The SMILES string of the molecule is CCn1c(=O)oc2cc(S(=O)(=O)N3CCNCC3)ccc21.Cl. The Balaban J connectivity index is 0.00000176. The molecule has 0 radical (unpaired) electrons. The first-order chi connectivity index (χ1) is 10.0. The van der Waals surface area contributed by atoms with Crippen molar-refractivity contribution in [1.82, 2.24) is 14.2 Å². The molecule has 1 aromatic carbocycles. The molecule has 1 aromatic heterocycles. The first kappa shape index (κ1) is 17.0. The van der Waals surface area contributed by atoms with Gasteiger partial charge in [0, 0.05) is 38.8 Å². The Morgan fingerprint density at radius 1 is 1.27 bits per heavy atom. The summed E-state index contributed by atoms with van der Waals surface area (Å²) in [7, 11) is -3.54. The van der Waals surface area contributed by atoms with E-state index in [1.807, 2.05) is 6.92 Å². The van der Waals surface area contributed by atoms with Crippen LogP contribution in [0, 0.1) is 0 Å². The lowest BCUT2D eigenvalue weighted by atomic mass is 10.3. The minimum Gasteiger partial charge on any atom is -0.408 e. The maximum atomic E-state index is 12.6. The van der Waals surface area contributed by atoms with Gasteiger partial charge in [0.25, 0.3) is 0 Å². The van der Waals surface area contributed by atoms with Crippen molar-refractivity contribution in [2.75, 3.05) is 26.2 Å². The third kappa shape index (κ3) is 2.79. The number of benzene rings is 1. The molecule has 1 N–H and O–H groups in total. The van der Waals surface area contributed by atoms with Crippen molar-refractivity contribution in [3.05, 3.63) is 28.7 Å². The molecule has 1 fully saturated rings. The Hall–Kier alpha value is -1.35. The quantitative estimate of drug-likeness (QED) is 0.880. The maximum absolute atomic E-state index is 12.6. The average molecular weight is 348 g/mol. The van der Waals surface area contributed by atoms with E-state index >= 15 is 0 Å². The molecule has 7 nitrogen and oxygen atoms in total. The number of nitrogens with one attached hydrogen (secondary N) is 1. The van der Waals surface area contributed by atoms with E-state index in [-0.39, 0.29) is 17.3 Å². The molecule has 0 aliphatic carbocycles. The summed E-state index contributed by atoms with van der Waals surface area (Å²) < 4.78 is 33.2. The molecule has 1 aliphatic heterocycles. The normalized spacial score (nSPS) is 16.6. The van der Waals surface area contributed by atoms with Crippen molar-refractivity contribution in [1.29, 1.82) is 0 Å². The van der Waals surface area contributed by atoms with Gasteiger partial charge >= 0.3 is 5.76 Å². The molecule has 1 aliphatic rings. The highest BCUT2D eigenvalue weighted by Gasteiger charge is 2.26. The second kappa shape index (κ2) is 6.41. The predicted octanol–water partition coefficient (Wildman–Crippen LogP) is 0.630. The topological polar surface area (TPSA) is 84.5 Å². The Kier molecular flexibility index (Phi) is 4.96. The summed E-state index contributed by atoms with van der Waals surface area (Å²) in [5.74, 6) is -0.468. The van der Waals surface area contributed by atoms with Gasteiger partial charge in [0.05, 0.1) is 10.4 Å². The van der Waals surface area contributed by atoms with Gasteiger partial charge < -0.3 is 9.73 Å². The largest absolute Gasteiger partial charge is 0.419 e. The maximum Gasteiger partial charge on any atom is 0.419 e. The number of rotatable bonds is 3. The van der Waals surface area contributed by atoms with Crippen LogP contribution in [-0.4, -0.2) is 43.5 Å². The van der Waals surface area contributed by atoms with Crippen LogP contribution in [0.25, 0.3) is 11.1 Å². The van der Waals surface area contributed by atoms with E-state index in [1.54, 1.807) is 6.07 Å². The van der Waals surface area contributed by atoms with Crippen LogP contribution in [-0.2, 0) is 16.6 Å². The van der Waals surface area contributed by atoms with Crippen LogP contribution in [0.4, 0.5) is 0 Å². The molecular weight excluding hydrogens is 330 g/mol. The van der Waals surface area contributed by atoms with Gasteiger partial charge in [0.1, 0.15) is 0 Å². The first-order valence-corrected chi connectivity index (χ1v) is 8.32. The highest BCUT2D eigenvalue weighted by Crippen LogP contribution is 2.21. The number of fused-ring (bicyclic) bond motifs is 1. The molecule has 3 rings (SSSR count). The summed E-state index contributed by atoms with van der Waals surface area (Å²) >= 11 is 0. The fourth-order valence-electron chi connectivity index (χ4n) is 2.54. The van der Waals surface area contributed by atoms with Gasteiger partial charge in [-0.15, -0.1) is 12.4 Å². The van der Waals surface area contributed by atoms with Crippen molar-refractivity contribution in [2.45, 2.75) is 18.4 Å². The lowest BCUT2D eigenvalue weighted by Gasteiger charge is -2.26. The average Bonchev–Trinajstić information content (AvgIpc) is 2.82. The molecule has 9 heteroatoms. The highest BCUT2D eigenvalue weighted by atomic mass is 35.5. The molecule has 0 atom stereocenters. The van der Waals surface area contributed by atoms with E-state index in [0.717, 1.165) is 0 Å².